The first-order chi connectivity index (χ1) is 9.97. The Bertz CT molecular complexity index is 457. The van der Waals surface area contributed by atoms with Crippen molar-refractivity contribution in [3.05, 3.63) is 28.2 Å². The Hall–Kier alpha value is -0.620. The molecule has 1 unspecified atom stereocenters. The van der Waals surface area contributed by atoms with E-state index in [2.05, 4.69) is 56.9 Å². The molecule has 1 aliphatic heterocycles. The Morgan fingerprint density at radius 1 is 1.24 bits per heavy atom. The van der Waals surface area contributed by atoms with Crippen molar-refractivity contribution >= 4 is 21.6 Å². The van der Waals surface area contributed by atoms with Crippen LogP contribution >= 0.6 is 15.9 Å². The first kappa shape index (κ1) is 16.7. The maximum atomic E-state index is 9.99. The van der Waals surface area contributed by atoms with Gasteiger partial charge in [-0.3, -0.25) is 4.90 Å². The van der Waals surface area contributed by atoms with Gasteiger partial charge in [-0.25, -0.2) is 0 Å². The van der Waals surface area contributed by atoms with Gasteiger partial charge in [0.15, 0.2) is 0 Å². The van der Waals surface area contributed by atoms with Crippen molar-refractivity contribution in [3.63, 3.8) is 0 Å². The van der Waals surface area contributed by atoms with E-state index in [0.717, 1.165) is 49.3 Å². The summed E-state index contributed by atoms with van der Waals surface area (Å²) in [4.78, 5) is 7.13. The molecule has 1 aliphatic rings. The van der Waals surface area contributed by atoms with Crippen LogP contribution < -0.4 is 4.90 Å². The number of hydrogen-bond acceptors (Lipinski definition) is 4. The number of nitrogens with zero attached hydrogens (tertiary/aromatic N) is 3. The van der Waals surface area contributed by atoms with Gasteiger partial charge in [0.25, 0.3) is 0 Å². The second-order valence-corrected chi connectivity index (χ2v) is 6.93. The van der Waals surface area contributed by atoms with Crippen LogP contribution in [0.25, 0.3) is 0 Å². The summed E-state index contributed by atoms with van der Waals surface area (Å²) in [5, 5.41) is 9.99. The monoisotopic (exact) mass is 355 g/mol. The summed E-state index contributed by atoms with van der Waals surface area (Å²) in [6.45, 7) is 8.29. The molecule has 21 heavy (non-hydrogen) atoms. The van der Waals surface area contributed by atoms with Gasteiger partial charge in [-0.1, -0.05) is 15.9 Å². The first-order valence-corrected chi connectivity index (χ1v) is 8.36. The summed E-state index contributed by atoms with van der Waals surface area (Å²) >= 11 is 3.49. The molecule has 0 saturated carbocycles. The van der Waals surface area contributed by atoms with Crippen molar-refractivity contribution in [2.75, 3.05) is 58.3 Å². The fraction of sp³-hybridized carbons (Fsp3) is 0.625. The number of aliphatic hydroxyl groups is 1. The fourth-order valence-corrected chi connectivity index (χ4v) is 3.08. The lowest BCUT2D eigenvalue weighted by Gasteiger charge is -2.37. The normalized spacial score (nSPS) is 18.3. The van der Waals surface area contributed by atoms with Gasteiger partial charge in [-0.2, -0.15) is 0 Å². The number of aliphatic hydroxyl groups excluding tert-OH is 1. The summed E-state index contributed by atoms with van der Waals surface area (Å²) < 4.78 is 1.02. The van der Waals surface area contributed by atoms with Crippen LogP contribution in [0, 0.1) is 0 Å². The number of likely N-dealkylation sites (N-methyl/N-ethyl adjacent to an activating group) is 1. The molecule has 1 aromatic rings. The minimum absolute atomic E-state index is 0.440. The second kappa shape index (κ2) is 7.58. The van der Waals surface area contributed by atoms with Crippen LogP contribution in [0.1, 0.15) is 18.6 Å². The highest BCUT2D eigenvalue weighted by Gasteiger charge is 2.20. The van der Waals surface area contributed by atoms with Crippen LogP contribution in [0.2, 0.25) is 0 Å². The van der Waals surface area contributed by atoms with Crippen molar-refractivity contribution in [3.8, 4) is 0 Å². The number of hydrogen-bond donors (Lipinski definition) is 1. The largest absolute Gasteiger partial charge is 0.389 e. The zero-order chi connectivity index (χ0) is 15.4. The molecule has 118 valence electrons. The van der Waals surface area contributed by atoms with E-state index in [1.165, 1.54) is 5.69 Å². The summed E-state index contributed by atoms with van der Waals surface area (Å²) in [5.41, 5.74) is 2.17. The third kappa shape index (κ3) is 4.68. The zero-order valence-corrected chi connectivity index (χ0v) is 14.8. The quantitative estimate of drug-likeness (QED) is 0.876. The molecule has 0 bridgehead atoms. The molecule has 0 radical (unpaired) electrons. The lowest BCUT2D eigenvalue weighted by Crippen LogP contribution is -2.48. The van der Waals surface area contributed by atoms with Gasteiger partial charge in [-0.05, 0) is 39.2 Å². The first-order valence-electron chi connectivity index (χ1n) is 7.57. The maximum absolute atomic E-state index is 9.99. The van der Waals surface area contributed by atoms with E-state index in [1.807, 2.05) is 13.0 Å². The highest BCUT2D eigenvalue weighted by Crippen LogP contribution is 2.30. The summed E-state index contributed by atoms with van der Waals surface area (Å²) in [5.74, 6) is 0. The van der Waals surface area contributed by atoms with Gasteiger partial charge >= 0.3 is 0 Å². The molecule has 0 spiro atoms. The molecule has 1 heterocycles. The van der Waals surface area contributed by atoms with Gasteiger partial charge in [0.1, 0.15) is 0 Å². The molecule has 5 heteroatoms. The number of rotatable bonds is 5. The summed E-state index contributed by atoms with van der Waals surface area (Å²) in [7, 11) is 4.24. The third-order valence-electron chi connectivity index (χ3n) is 4.02. The zero-order valence-electron chi connectivity index (χ0n) is 13.2. The van der Waals surface area contributed by atoms with Crippen LogP contribution in [0.5, 0.6) is 0 Å². The highest BCUT2D eigenvalue weighted by molar-refractivity contribution is 9.10. The molecule has 1 N–H and O–H groups in total. The fourth-order valence-electron chi connectivity index (χ4n) is 2.70. The van der Waals surface area contributed by atoms with Gasteiger partial charge in [-0.15, -0.1) is 0 Å². The SMILES string of the molecule is CC(O)c1cc(Br)ccc1N1CCN(CCN(C)C)CC1. The van der Waals surface area contributed by atoms with Gasteiger partial charge in [0.05, 0.1) is 6.10 Å². The van der Waals surface area contributed by atoms with Crippen molar-refractivity contribution in [1.29, 1.82) is 0 Å². The van der Waals surface area contributed by atoms with E-state index < -0.39 is 6.10 Å². The Balaban J connectivity index is 1.99. The highest BCUT2D eigenvalue weighted by atomic mass is 79.9. The molecular weight excluding hydrogens is 330 g/mol. The molecule has 1 fully saturated rings. The lowest BCUT2D eigenvalue weighted by molar-refractivity contribution is 0.198. The Kier molecular flexibility index (Phi) is 6.05. The predicted molar refractivity (Wildman–Crippen MR) is 92.0 cm³/mol. The minimum Gasteiger partial charge on any atom is -0.389 e. The molecule has 2 rings (SSSR count). The molecule has 1 atom stereocenters. The molecule has 0 aliphatic carbocycles. The van der Waals surface area contributed by atoms with Gasteiger partial charge < -0.3 is 14.9 Å². The number of benzene rings is 1. The average molecular weight is 356 g/mol. The van der Waals surface area contributed by atoms with Crippen LogP contribution in [-0.4, -0.2) is 68.3 Å². The Labute approximate surface area is 136 Å². The number of halogens is 1. The van der Waals surface area contributed by atoms with Crippen LogP contribution in [0.15, 0.2) is 22.7 Å². The minimum atomic E-state index is -0.440. The molecule has 0 aromatic heterocycles. The Morgan fingerprint density at radius 3 is 2.48 bits per heavy atom. The van der Waals surface area contributed by atoms with Crippen LogP contribution in [0.4, 0.5) is 5.69 Å². The summed E-state index contributed by atoms with van der Waals surface area (Å²) in [6.07, 6.45) is -0.440. The van der Waals surface area contributed by atoms with Gasteiger partial charge in [0, 0.05) is 55.0 Å². The summed E-state index contributed by atoms with van der Waals surface area (Å²) in [6, 6.07) is 6.19. The van der Waals surface area contributed by atoms with Crippen molar-refractivity contribution in [1.82, 2.24) is 9.80 Å². The molecular formula is C16H26BrN3O. The predicted octanol–water partition coefficient (Wildman–Crippen LogP) is 2.19. The van der Waals surface area contributed by atoms with E-state index in [4.69, 9.17) is 0 Å². The molecule has 1 saturated heterocycles. The lowest BCUT2D eigenvalue weighted by atomic mass is 10.1. The average Bonchev–Trinajstić information content (AvgIpc) is 2.45. The standard InChI is InChI=1S/C16H26BrN3O/c1-13(21)15-12-14(17)4-5-16(15)20-10-8-19(9-11-20)7-6-18(2)3/h4-5,12-13,21H,6-11H2,1-3H3. The second-order valence-electron chi connectivity index (χ2n) is 6.01. The van der Waals surface area contributed by atoms with E-state index >= 15 is 0 Å². The van der Waals surface area contributed by atoms with E-state index in [1.54, 1.807) is 0 Å². The van der Waals surface area contributed by atoms with E-state index in [-0.39, 0.29) is 0 Å². The van der Waals surface area contributed by atoms with E-state index in [0.29, 0.717) is 0 Å². The smallest absolute Gasteiger partial charge is 0.0782 e. The van der Waals surface area contributed by atoms with Crippen LogP contribution in [0.3, 0.4) is 0 Å². The number of anilines is 1. The Morgan fingerprint density at radius 2 is 1.90 bits per heavy atom. The van der Waals surface area contributed by atoms with Gasteiger partial charge in [0.2, 0.25) is 0 Å². The van der Waals surface area contributed by atoms with Crippen molar-refractivity contribution in [2.45, 2.75) is 13.0 Å². The topological polar surface area (TPSA) is 30.0 Å². The number of piperazine rings is 1. The van der Waals surface area contributed by atoms with Crippen LogP contribution in [-0.2, 0) is 0 Å². The van der Waals surface area contributed by atoms with Crippen molar-refractivity contribution in [2.24, 2.45) is 0 Å². The third-order valence-corrected chi connectivity index (χ3v) is 4.51. The van der Waals surface area contributed by atoms with E-state index in [9.17, 15) is 5.11 Å². The molecule has 0 amide bonds. The maximum Gasteiger partial charge on any atom is 0.0782 e. The molecule has 4 nitrogen and oxygen atoms in total. The van der Waals surface area contributed by atoms with Crippen molar-refractivity contribution < 1.29 is 5.11 Å². The molecule has 1 aromatic carbocycles.